The Labute approximate surface area is 229 Å². The van der Waals surface area contributed by atoms with Gasteiger partial charge in [0.2, 0.25) is 0 Å². The van der Waals surface area contributed by atoms with Crippen LogP contribution in [0, 0.1) is 34.5 Å². The van der Waals surface area contributed by atoms with Crippen molar-refractivity contribution < 1.29 is 33.0 Å². The number of aliphatic hydroxyl groups excluding tert-OH is 1. The van der Waals surface area contributed by atoms with Gasteiger partial charge in [0.25, 0.3) is 0 Å². The number of ketones is 1. The summed E-state index contributed by atoms with van der Waals surface area (Å²) in [6.45, 7) is 8.94. The molecule has 8 heteroatoms. The molecule has 0 radical (unpaired) electrons. The predicted molar refractivity (Wildman–Crippen MR) is 144 cm³/mol. The van der Waals surface area contributed by atoms with Crippen LogP contribution in [0.5, 0.6) is 0 Å². The van der Waals surface area contributed by atoms with E-state index in [1.807, 2.05) is 19.9 Å². The van der Waals surface area contributed by atoms with E-state index in [1.165, 1.54) is 19.1 Å². The number of hydrogen-bond acceptors (Lipinski definition) is 5. The lowest BCUT2D eigenvalue weighted by molar-refractivity contribution is -0.239. The van der Waals surface area contributed by atoms with Crippen molar-refractivity contribution >= 4 is 29.5 Å². The third-order valence-corrected chi connectivity index (χ3v) is 10.4. The summed E-state index contributed by atoms with van der Waals surface area (Å²) in [5.41, 5.74) is -4.97. The molecule has 0 spiro atoms. The van der Waals surface area contributed by atoms with Crippen molar-refractivity contribution in [3.8, 4) is 0 Å². The van der Waals surface area contributed by atoms with Gasteiger partial charge in [0.1, 0.15) is 6.10 Å². The van der Waals surface area contributed by atoms with Gasteiger partial charge in [-0.3, -0.25) is 14.4 Å². The van der Waals surface area contributed by atoms with Gasteiger partial charge in [-0.1, -0.05) is 38.8 Å². The second-order valence-corrected chi connectivity index (χ2v) is 12.7. The van der Waals surface area contributed by atoms with Crippen molar-refractivity contribution in [3.05, 3.63) is 36.5 Å². The monoisotopic (exact) mass is 550 g/mol. The van der Waals surface area contributed by atoms with E-state index in [0.717, 1.165) is 31.8 Å². The van der Waals surface area contributed by atoms with Crippen LogP contribution in [0.25, 0.3) is 0 Å². The molecule has 4 rings (SSSR count). The second kappa shape index (κ2) is 10.6. The number of carbonyl (C=O) groups excluding carboxylic acids is 3. The lowest BCUT2D eigenvalue weighted by Gasteiger charge is -2.63. The summed E-state index contributed by atoms with van der Waals surface area (Å²) in [5, 5.41) is 11.1. The number of esters is 1. The number of rotatable bonds is 9. The van der Waals surface area contributed by atoms with E-state index in [4.69, 9.17) is 4.74 Å². The quantitative estimate of drug-likeness (QED) is 0.167. The molecule has 0 saturated heterocycles. The van der Waals surface area contributed by atoms with Crippen LogP contribution in [0.15, 0.2) is 36.5 Å². The van der Waals surface area contributed by atoms with E-state index in [1.54, 1.807) is 0 Å². The van der Waals surface area contributed by atoms with Crippen LogP contribution in [-0.2, 0) is 19.1 Å². The molecule has 38 heavy (non-hydrogen) atoms. The van der Waals surface area contributed by atoms with Crippen LogP contribution in [0.4, 0.5) is 8.78 Å². The number of thiol groups is 1. The van der Waals surface area contributed by atoms with E-state index >= 15 is 8.78 Å². The highest BCUT2D eigenvalue weighted by Crippen LogP contribution is 2.70. The van der Waals surface area contributed by atoms with Crippen molar-refractivity contribution in [1.82, 2.24) is 0 Å². The lowest BCUT2D eigenvalue weighted by atomic mass is 9.44. The average molecular weight is 551 g/mol. The second-order valence-electron chi connectivity index (χ2n) is 12.3. The zero-order valence-electron chi connectivity index (χ0n) is 22.5. The van der Waals surface area contributed by atoms with Crippen LogP contribution >= 0.6 is 12.6 Å². The Morgan fingerprint density at radius 1 is 1.26 bits per heavy atom. The summed E-state index contributed by atoms with van der Waals surface area (Å²) in [6, 6.07) is 0. The van der Waals surface area contributed by atoms with Crippen molar-refractivity contribution in [2.75, 3.05) is 0 Å². The minimum absolute atomic E-state index is 0.0149. The van der Waals surface area contributed by atoms with Crippen molar-refractivity contribution in [1.29, 1.82) is 0 Å². The molecule has 0 aromatic heterocycles. The largest absolute Gasteiger partial charge is 0.458 e. The van der Waals surface area contributed by atoms with Crippen LogP contribution in [0.3, 0.4) is 0 Å². The Kier molecular flexibility index (Phi) is 8.17. The van der Waals surface area contributed by atoms with E-state index in [0.29, 0.717) is 12.8 Å². The Bertz CT molecular complexity index is 1060. The minimum atomic E-state index is -2.41. The Hall–Kier alpha value is -1.80. The van der Waals surface area contributed by atoms with Gasteiger partial charge in [0, 0.05) is 23.7 Å². The van der Waals surface area contributed by atoms with Gasteiger partial charge in [-0.05, 0) is 74.0 Å². The van der Waals surface area contributed by atoms with E-state index in [2.05, 4.69) is 19.2 Å². The molecular weight excluding hydrogens is 510 g/mol. The first-order valence-electron chi connectivity index (χ1n) is 13.8. The van der Waals surface area contributed by atoms with Gasteiger partial charge in [-0.25, -0.2) is 8.78 Å². The van der Waals surface area contributed by atoms with Gasteiger partial charge in [-0.15, -0.1) is 19.2 Å². The Balaban J connectivity index is 1.71. The Morgan fingerprint density at radius 2 is 1.95 bits per heavy atom. The van der Waals surface area contributed by atoms with Crippen molar-refractivity contribution in [3.63, 3.8) is 0 Å². The molecule has 10 atom stereocenters. The highest BCUT2D eigenvalue weighted by Gasteiger charge is 2.76. The average Bonchev–Trinajstić information content (AvgIpc) is 3.10. The number of unbranched alkanes of at least 4 members (excludes halogenated alkanes) is 4. The number of alkyl halides is 2. The van der Waals surface area contributed by atoms with E-state index < -0.39 is 64.4 Å². The molecule has 1 unspecified atom stereocenters. The number of hydrogen-bond donors (Lipinski definition) is 2. The first kappa shape index (κ1) is 29.2. The van der Waals surface area contributed by atoms with Gasteiger partial charge in [-0.2, -0.15) is 0 Å². The smallest absolute Gasteiger partial charge is 0.306 e. The molecule has 4 aliphatic carbocycles. The molecule has 210 valence electrons. The third-order valence-electron chi connectivity index (χ3n) is 10.1. The summed E-state index contributed by atoms with van der Waals surface area (Å²) in [6.07, 6.45) is 5.10. The summed E-state index contributed by atoms with van der Waals surface area (Å²) in [5.74, 6) is -3.55. The topological polar surface area (TPSA) is 80.7 Å². The minimum Gasteiger partial charge on any atom is -0.458 e. The molecule has 4 aliphatic rings. The molecule has 1 N–H and O–H groups in total. The van der Waals surface area contributed by atoms with E-state index in [9.17, 15) is 19.5 Å². The fourth-order valence-corrected chi connectivity index (χ4v) is 8.86. The molecule has 0 amide bonds. The molecule has 3 fully saturated rings. The number of aliphatic hydroxyl groups is 1. The van der Waals surface area contributed by atoms with Gasteiger partial charge < -0.3 is 9.84 Å². The molecule has 3 saturated carbocycles. The highest BCUT2D eigenvalue weighted by molar-refractivity contribution is 7.96. The van der Waals surface area contributed by atoms with Gasteiger partial charge in [0.05, 0.1) is 6.10 Å². The maximum atomic E-state index is 17.7. The number of allylic oxidation sites excluding steroid dienone is 4. The van der Waals surface area contributed by atoms with E-state index in [-0.39, 0.29) is 29.4 Å². The number of carbonyl (C=O) groups is 3. The predicted octanol–water partition coefficient (Wildman–Crippen LogP) is 5.67. The maximum Gasteiger partial charge on any atom is 0.306 e. The van der Waals surface area contributed by atoms with Gasteiger partial charge >= 0.3 is 5.97 Å². The van der Waals surface area contributed by atoms with Crippen molar-refractivity contribution in [2.45, 2.75) is 96.2 Å². The summed E-state index contributed by atoms with van der Waals surface area (Å²) >= 11 is 4.12. The normalized spacial score (nSPS) is 43.5. The van der Waals surface area contributed by atoms with Crippen molar-refractivity contribution in [2.24, 2.45) is 34.5 Å². The standard InChI is InChI=1S/C30H40F2O5S/c1-5-6-7-8-9-10-11-22(35)37-26-24-19-14-17(2)23(27(36)38)28(19,3)16-21(34)30(24,32)29(4)13-12-18(33)15-20(29)25(26)31/h5,12-13,15,17,19,21,23-26,34H,1,6-11,14,16H2,2-4H3,(H,36,38)/t17-,19+,21+,23+,24+,25+,26?,28+,29+,30-/m1/s1. The molecule has 0 heterocycles. The number of ether oxygens (including phenoxy) is 1. The maximum absolute atomic E-state index is 17.7. The third kappa shape index (κ3) is 4.43. The molecular formula is C30H40F2O5S. The number of halogens is 2. The number of fused-ring (bicyclic) bond motifs is 5. The zero-order valence-corrected chi connectivity index (χ0v) is 23.4. The molecule has 0 aromatic rings. The molecule has 5 nitrogen and oxygen atoms in total. The fourth-order valence-electron chi connectivity index (χ4n) is 8.31. The van der Waals surface area contributed by atoms with Crippen LogP contribution in [-0.4, -0.2) is 46.0 Å². The SMILES string of the molecule is C=CCCCCCCC(=O)OC1[C@@H]2[C@@H]3C[C@@H](C)[C@@H](C(=O)S)[C@@]3(C)C[C@H](O)[C@]2(F)[C@@]2(C)C=CC(=O)C=C2[C@@H]1F. The first-order chi connectivity index (χ1) is 17.8. The molecule has 0 aromatic carbocycles. The summed E-state index contributed by atoms with van der Waals surface area (Å²) in [4.78, 5) is 37.8. The first-order valence-corrected chi connectivity index (χ1v) is 14.3. The fraction of sp³-hybridized carbons (Fsp3) is 0.700. The Morgan fingerprint density at radius 3 is 2.61 bits per heavy atom. The molecule has 0 aliphatic heterocycles. The van der Waals surface area contributed by atoms with Crippen LogP contribution in [0.2, 0.25) is 0 Å². The summed E-state index contributed by atoms with van der Waals surface area (Å²) < 4.78 is 39.9. The van der Waals surface area contributed by atoms with Gasteiger partial charge in [0.15, 0.2) is 22.7 Å². The highest BCUT2D eigenvalue weighted by atomic mass is 32.1. The zero-order chi connectivity index (χ0) is 28.0. The van der Waals surface area contributed by atoms with Crippen LogP contribution < -0.4 is 0 Å². The molecule has 0 bridgehead atoms. The lowest BCUT2D eigenvalue weighted by Crippen LogP contribution is -2.72. The summed E-state index contributed by atoms with van der Waals surface area (Å²) in [7, 11) is 0. The van der Waals surface area contributed by atoms with Crippen LogP contribution in [0.1, 0.15) is 72.1 Å².